The van der Waals surface area contributed by atoms with Crippen LogP contribution in [0.2, 0.25) is 0 Å². The zero-order valence-electron chi connectivity index (χ0n) is 18.0. The number of amides is 1. The monoisotopic (exact) mass is 425 g/mol. The Morgan fingerprint density at radius 2 is 1.59 bits per heavy atom. The minimum Gasteiger partial charge on any atom is -0.381 e. The van der Waals surface area contributed by atoms with Crippen LogP contribution >= 0.6 is 0 Å². The van der Waals surface area contributed by atoms with E-state index in [0.717, 1.165) is 28.0 Å². The number of hydrogen-bond acceptors (Lipinski definition) is 3. The fraction of sp³-hybridized carbons (Fsp3) is 0.259. The molecule has 5 rings (SSSR count). The van der Waals surface area contributed by atoms with Crippen LogP contribution in [0, 0.1) is 0 Å². The Morgan fingerprint density at radius 1 is 0.938 bits per heavy atom. The number of carbonyl (C=O) groups is 1. The van der Waals surface area contributed by atoms with Gasteiger partial charge in [-0.15, -0.1) is 0 Å². The van der Waals surface area contributed by atoms with Crippen LogP contribution in [-0.4, -0.2) is 29.1 Å². The Bertz CT molecular complexity index is 1150. The number of nitrogens with one attached hydrogen (secondary N) is 2. The second kappa shape index (κ2) is 8.97. The third-order valence-corrected chi connectivity index (χ3v) is 6.43. The van der Waals surface area contributed by atoms with E-state index in [1.165, 1.54) is 0 Å². The molecule has 1 atom stereocenters. The highest BCUT2D eigenvalue weighted by Crippen LogP contribution is 2.36. The Hall–Kier alpha value is -3.44. The van der Waals surface area contributed by atoms with Gasteiger partial charge in [0.15, 0.2) is 0 Å². The number of nitrogens with zero attached hydrogens (tertiary/aromatic N) is 1. The van der Waals surface area contributed by atoms with Crippen LogP contribution in [0.15, 0.2) is 84.9 Å². The van der Waals surface area contributed by atoms with Gasteiger partial charge in [-0.25, -0.2) is 4.98 Å². The van der Waals surface area contributed by atoms with Gasteiger partial charge in [-0.1, -0.05) is 72.8 Å². The van der Waals surface area contributed by atoms with Crippen molar-refractivity contribution in [2.45, 2.75) is 30.7 Å². The number of carbonyl (C=O) groups excluding carboxylic acids is 1. The molecule has 1 amide bonds. The van der Waals surface area contributed by atoms with Crippen molar-refractivity contribution < 1.29 is 9.53 Å². The molecule has 0 radical (unpaired) electrons. The standard InChI is InChI=1S/C27H27N3O2/c31-26(27(15-17-32-18-16-27)21-11-5-2-6-12-21)30-24(19-20-9-3-1-4-10-20)25-28-22-13-7-8-14-23(22)29-25/h1-14,24H,15-19H2,(H,28,29)(H,30,31)/t24-/m0/s1. The van der Waals surface area contributed by atoms with Gasteiger partial charge in [-0.05, 0) is 42.5 Å². The molecule has 1 fully saturated rings. The fourth-order valence-electron chi connectivity index (χ4n) is 4.62. The molecule has 0 unspecified atom stereocenters. The first-order chi connectivity index (χ1) is 15.7. The lowest BCUT2D eigenvalue weighted by Crippen LogP contribution is -2.49. The molecule has 1 aliphatic rings. The molecule has 1 saturated heterocycles. The maximum absolute atomic E-state index is 13.9. The molecular formula is C27H27N3O2. The SMILES string of the molecule is O=C(N[C@@H](Cc1ccccc1)c1nc2ccccc2[nH]1)C1(c2ccccc2)CCOCC1. The molecule has 162 valence electrons. The van der Waals surface area contributed by atoms with E-state index in [2.05, 4.69) is 34.6 Å². The van der Waals surface area contributed by atoms with Crippen LogP contribution in [-0.2, 0) is 21.4 Å². The van der Waals surface area contributed by atoms with Gasteiger partial charge in [-0.3, -0.25) is 4.79 Å². The molecular weight excluding hydrogens is 398 g/mol. The van der Waals surface area contributed by atoms with Gasteiger partial charge in [0.2, 0.25) is 5.91 Å². The van der Waals surface area contributed by atoms with Crippen LogP contribution < -0.4 is 5.32 Å². The van der Waals surface area contributed by atoms with Gasteiger partial charge in [0.1, 0.15) is 5.82 Å². The van der Waals surface area contributed by atoms with Crippen LogP contribution in [0.1, 0.15) is 35.8 Å². The number of fused-ring (bicyclic) bond motifs is 1. The Balaban J connectivity index is 1.50. The van der Waals surface area contributed by atoms with Crippen LogP contribution in [0.25, 0.3) is 11.0 Å². The van der Waals surface area contributed by atoms with Gasteiger partial charge in [-0.2, -0.15) is 0 Å². The molecule has 32 heavy (non-hydrogen) atoms. The third-order valence-electron chi connectivity index (χ3n) is 6.43. The smallest absolute Gasteiger partial charge is 0.231 e. The summed E-state index contributed by atoms with van der Waals surface area (Å²) < 4.78 is 5.62. The average Bonchev–Trinajstić information content (AvgIpc) is 3.29. The molecule has 0 saturated carbocycles. The highest BCUT2D eigenvalue weighted by Gasteiger charge is 2.42. The largest absolute Gasteiger partial charge is 0.381 e. The Morgan fingerprint density at radius 3 is 2.31 bits per heavy atom. The predicted octanol–water partition coefficient (Wildman–Crippen LogP) is 4.71. The highest BCUT2D eigenvalue weighted by molar-refractivity contribution is 5.89. The number of aromatic nitrogens is 2. The maximum Gasteiger partial charge on any atom is 0.231 e. The number of para-hydroxylation sites is 2. The summed E-state index contributed by atoms with van der Waals surface area (Å²) >= 11 is 0. The summed E-state index contributed by atoms with van der Waals surface area (Å²) in [7, 11) is 0. The molecule has 2 heterocycles. The second-order valence-corrected chi connectivity index (χ2v) is 8.42. The summed E-state index contributed by atoms with van der Waals surface area (Å²) in [4.78, 5) is 22.1. The van der Waals surface area contributed by atoms with Crippen molar-refractivity contribution in [1.82, 2.24) is 15.3 Å². The first kappa shape index (κ1) is 20.5. The summed E-state index contributed by atoms with van der Waals surface area (Å²) in [5.41, 5.74) is 3.47. The Labute approximate surface area is 187 Å². The normalized spacial score (nSPS) is 16.5. The van der Waals surface area contributed by atoms with E-state index in [0.29, 0.717) is 32.5 Å². The number of benzene rings is 3. The lowest BCUT2D eigenvalue weighted by Gasteiger charge is -2.37. The number of aromatic amines is 1. The van der Waals surface area contributed by atoms with E-state index in [-0.39, 0.29) is 11.9 Å². The summed E-state index contributed by atoms with van der Waals surface area (Å²) in [5.74, 6) is 0.812. The van der Waals surface area contributed by atoms with E-state index < -0.39 is 5.41 Å². The lowest BCUT2D eigenvalue weighted by atomic mass is 9.73. The maximum atomic E-state index is 13.9. The average molecular weight is 426 g/mol. The van der Waals surface area contributed by atoms with Gasteiger partial charge < -0.3 is 15.0 Å². The van der Waals surface area contributed by atoms with Crippen molar-refractivity contribution in [3.05, 3.63) is 102 Å². The number of rotatable bonds is 6. The van der Waals surface area contributed by atoms with Crippen molar-refractivity contribution in [1.29, 1.82) is 0 Å². The van der Waals surface area contributed by atoms with E-state index >= 15 is 0 Å². The van der Waals surface area contributed by atoms with Gasteiger partial charge >= 0.3 is 0 Å². The number of imidazole rings is 1. The van der Waals surface area contributed by atoms with Crippen LogP contribution in [0.3, 0.4) is 0 Å². The van der Waals surface area contributed by atoms with E-state index in [1.54, 1.807) is 0 Å². The lowest BCUT2D eigenvalue weighted by molar-refractivity contribution is -0.131. The Kier molecular flexibility index (Phi) is 5.73. The van der Waals surface area contributed by atoms with E-state index in [4.69, 9.17) is 9.72 Å². The predicted molar refractivity (Wildman–Crippen MR) is 125 cm³/mol. The molecule has 0 aliphatic carbocycles. The fourth-order valence-corrected chi connectivity index (χ4v) is 4.62. The molecule has 5 nitrogen and oxygen atoms in total. The third kappa shape index (κ3) is 4.04. The van der Waals surface area contributed by atoms with Gasteiger partial charge in [0, 0.05) is 13.2 Å². The summed E-state index contributed by atoms with van der Waals surface area (Å²) in [6.07, 6.45) is 2.00. The zero-order valence-corrected chi connectivity index (χ0v) is 18.0. The summed E-state index contributed by atoms with van der Waals surface area (Å²) in [5, 5.41) is 3.36. The molecule has 1 aliphatic heterocycles. The van der Waals surface area contributed by atoms with Crippen molar-refractivity contribution >= 4 is 16.9 Å². The zero-order chi connectivity index (χ0) is 21.8. The summed E-state index contributed by atoms with van der Waals surface area (Å²) in [6.45, 7) is 1.16. The number of hydrogen-bond donors (Lipinski definition) is 2. The van der Waals surface area contributed by atoms with E-state index in [1.807, 2.05) is 60.7 Å². The van der Waals surface area contributed by atoms with Crippen molar-refractivity contribution in [2.75, 3.05) is 13.2 Å². The quantitative estimate of drug-likeness (QED) is 0.470. The molecule has 2 N–H and O–H groups in total. The molecule has 3 aromatic carbocycles. The molecule has 5 heteroatoms. The minimum absolute atomic E-state index is 0.0355. The van der Waals surface area contributed by atoms with Gasteiger partial charge in [0.25, 0.3) is 0 Å². The molecule has 4 aromatic rings. The summed E-state index contributed by atoms with van der Waals surface area (Å²) in [6, 6.07) is 28.0. The molecule has 0 bridgehead atoms. The van der Waals surface area contributed by atoms with Crippen LogP contribution in [0.4, 0.5) is 0 Å². The topological polar surface area (TPSA) is 67.0 Å². The highest BCUT2D eigenvalue weighted by atomic mass is 16.5. The molecule has 1 aromatic heterocycles. The molecule has 0 spiro atoms. The second-order valence-electron chi connectivity index (χ2n) is 8.42. The first-order valence-electron chi connectivity index (χ1n) is 11.2. The van der Waals surface area contributed by atoms with Crippen molar-refractivity contribution in [2.24, 2.45) is 0 Å². The first-order valence-corrected chi connectivity index (χ1v) is 11.2. The van der Waals surface area contributed by atoms with Crippen molar-refractivity contribution in [3.63, 3.8) is 0 Å². The number of H-pyrrole nitrogens is 1. The minimum atomic E-state index is -0.597. The van der Waals surface area contributed by atoms with E-state index in [9.17, 15) is 4.79 Å². The number of ether oxygens (including phenoxy) is 1. The van der Waals surface area contributed by atoms with Crippen LogP contribution in [0.5, 0.6) is 0 Å². The van der Waals surface area contributed by atoms with Crippen molar-refractivity contribution in [3.8, 4) is 0 Å². The van der Waals surface area contributed by atoms with Gasteiger partial charge in [0.05, 0.1) is 22.5 Å².